The second-order valence-corrected chi connectivity index (χ2v) is 6.54. The molecule has 0 amide bonds. The van der Waals surface area contributed by atoms with Gasteiger partial charge >= 0.3 is 0 Å². The highest BCUT2D eigenvalue weighted by Gasteiger charge is 2.15. The largest absolute Gasteiger partial charge is 0.398 e. The molecule has 0 fully saturated rings. The van der Waals surface area contributed by atoms with Crippen LogP contribution < -0.4 is 10.5 Å². The average molecular weight is 287 g/mol. The third-order valence-corrected chi connectivity index (χ3v) is 5.13. The molecule has 2 heterocycles. The van der Waals surface area contributed by atoms with Gasteiger partial charge in [0, 0.05) is 24.0 Å². The third-order valence-electron chi connectivity index (χ3n) is 2.21. The first-order chi connectivity index (χ1) is 8.58. The van der Waals surface area contributed by atoms with Crippen molar-refractivity contribution in [1.82, 2.24) is 19.9 Å². The van der Waals surface area contributed by atoms with Gasteiger partial charge in [-0.05, 0) is 12.5 Å². The summed E-state index contributed by atoms with van der Waals surface area (Å²) < 4.78 is 26.4. The van der Waals surface area contributed by atoms with Crippen LogP contribution in [-0.2, 0) is 16.4 Å². The molecule has 0 bridgehead atoms. The van der Waals surface area contributed by atoms with Gasteiger partial charge in [-0.1, -0.05) is 0 Å². The van der Waals surface area contributed by atoms with Crippen molar-refractivity contribution in [3.8, 4) is 0 Å². The van der Waals surface area contributed by atoms with Gasteiger partial charge in [0.05, 0.1) is 0 Å². The molecule has 0 aliphatic carbocycles. The maximum Gasteiger partial charge on any atom is 0.250 e. The predicted octanol–water partition coefficient (Wildman–Crippen LogP) is 0.359. The molecule has 9 heteroatoms. The highest BCUT2D eigenvalue weighted by Crippen LogP contribution is 2.21. The number of aromatic amines is 1. The third kappa shape index (κ3) is 3.28. The van der Waals surface area contributed by atoms with Crippen LogP contribution in [0, 0.1) is 0 Å². The molecule has 98 valence electrons. The van der Waals surface area contributed by atoms with E-state index < -0.39 is 10.0 Å². The molecule has 0 radical (unpaired) electrons. The molecule has 4 N–H and O–H groups in total. The van der Waals surface area contributed by atoms with Gasteiger partial charge in [0.15, 0.2) is 0 Å². The number of anilines is 1. The highest BCUT2D eigenvalue weighted by atomic mass is 32.2. The van der Waals surface area contributed by atoms with Crippen molar-refractivity contribution in [2.45, 2.75) is 17.1 Å². The molecule has 0 aliphatic heterocycles. The molecule has 18 heavy (non-hydrogen) atoms. The van der Waals surface area contributed by atoms with Crippen LogP contribution in [0.3, 0.4) is 0 Å². The van der Waals surface area contributed by atoms with E-state index in [1.807, 2.05) is 0 Å². The average Bonchev–Trinajstić information content (AvgIpc) is 2.95. The zero-order valence-corrected chi connectivity index (χ0v) is 11.1. The number of hydrogen-bond donors (Lipinski definition) is 3. The van der Waals surface area contributed by atoms with Crippen LogP contribution >= 0.6 is 11.3 Å². The molecule has 7 nitrogen and oxygen atoms in total. The second kappa shape index (κ2) is 5.46. The molecule has 0 spiro atoms. The maximum atomic E-state index is 11.8. The molecule has 2 aromatic heterocycles. The summed E-state index contributed by atoms with van der Waals surface area (Å²) in [5.41, 5.74) is 5.95. The fourth-order valence-corrected chi connectivity index (χ4v) is 3.55. The number of aromatic nitrogens is 3. The molecular weight excluding hydrogens is 274 g/mol. The van der Waals surface area contributed by atoms with Gasteiger partial charge in [0.25, 0.3) is 0 Å². The molecule has 0 saturated carbocycles. The Balaban J connectivity index is 1.82. The van der Waals surface area contributed by atoms with Crippen molar-refractivity contribution in [3.05, 3.63) is 23.6 Å². The fraction of sp³-hybridized carbons (Fsp3) is 0.333. The standard InChI is InChI=1S/C9H13N5O2S2/c10-7-4-9(17-5-7)18(15,16)13-3-1-2-8-11-6-12-14-8/h4-6,13H,1-3,10H2,(H,11,12,14). The lowest BCUT2D eigenvalue weighted by Crippen LogP contribution is -2.24. The number of hydrogen-bond acceptors (Lipinski definition) is 6. The number of H-pyrrole nitrogens is 1. The molecular formula is C9H13N5O2S2. The van der Waals surface area contributed by atoms with Crippen LogP contribution in [0.5, 0.6) is 0 Å². The number of rotatable bonds is 6. The minimum absolute atomic E-state index is 0.236. The van der Waals surface area contributed by atoms with Crippen LogP contribution in [0.15, 0.2) is 22.0 Å². The first kappa shape index (κ1) is 13.0. The van der Waals surface area contributed by atoms with Crippen molar-refractivity contribution >= 4 is 27.0 Å². The summed E-state index contributed by atoms with van der Waals surface area (Å²) in [6, 6.07) is 1.45. The predicted molar refractivity (Wildman–Crippen MR) is 68.6 cm³/mol. The van der Waals surface area contributed by atoms with Crippen LogP contribution in [-0.4, -0.2) is 30.1 Å². The lowest BCUT2D eigenvalue weighted by atomic mass is 10.3. The Kier molecular flexibility index (Phi) is 3.94. The second-order valence-electron chi connectivity index (χ2n) is 3.63. The number of aryl methyl sites for hydroxylation is 1. The Labute approximate surface area is 108 Å². The van der Waals surface area contributed by atoms with Crippen LogP contribution in [0.4, 0.5) is 5.69 Å². The zero-order valence-electron chi connectivity index (χ0n) is 9.46. The number of nitrogen functional groups attached to an aromatic ring is 1. The first-order valence-corrected chi connectivity index (χ1v) is 7.62. The molecule has 2 rings (SSSR count). The van der Waals surface area contributed by atoms with E-state index in [0.29, 0.717) is 25.1 Å². The highest BCUT2D eigenvalue weighted by molar-refractivity contribution is 7.91. The summed E-state index contributed by atoms with van der Waals surface area (Å²) in [6.45, 7) is 0.348. The van der Waals surface area contributed by atoms with Gasteiger partial charge in [0.1, 0.15) is 16.4 Å². The van der Waals surface area contributed by atoms with Gasteiger partial charge in [-0.25, -0.2) is 18.1 Å². The molecule has 0 unspecified atom stereocenters. The summed E-state index contributed by atoms with van der Waals surface area (Å²) in [7, 11) is -3.44. The Bertz CT molecular complexity index is 590. The number of nitrogens with zero attached hydrogens (tertiary/aromatic N) is 2. The number of nitrogens with one attached hydrogen (secondary N) is 2. The van der Waals surface area contributed by atoms with Crippen molar-refractivity contribution in [3.63, 3.8) is 0 Å². The Morgan fingerprint density at radius 2 is 2.33 bits per heavy atom. The maximum absolute atomic E-state index is 11.8. The first-order valence-electron chi connectivity index (χ1n) is 5.26. The van der Waals surface area contributed by atoms with Crippen molar-refractivity contribution in [2.24, 2.45) is 0 Å². The summed E-state index contributed by atoms with van der Waals surface area (Å²) in [5, 5.41) is 8.03. The lowest BCUT2D eigenvalue weighted by molar-refractivity contribution is 0.580. The van der Waals surface area contributed by atoms with Crippen molar-refractivity contribution < 1.29 is 8.42 Å². The quantitative estimate of drug-likeness (QED) is 0.664. The topological polar surface area (TPSA) is 114 Å². The van der Waals surface area contributed by atoms with E-state index in [9.17, 15) is 8.42 Å². The number of nitrogens with two attached hydrogens (primary N) is 1. The molecule has 2 aromatic rings. The van der Waals surface area contributed by atoms with Gasteiger partial charge in [-0.3, -0.25) is 5.10 Å². The summed E-state index contributed by atoms with van der Waals surface area (Å²) in [4.78, 5) is 3.95. The molecule has 0 aromatic carbocycles. The monoisotopic (exact) mass is 287 g/mol. The van der Waals surface area contributed by atoms with Gasteiger partial charge in [-0.15, -0.1) is 11.3 Å². The van der Waals surface area contributed by atoms with E-state index in [4.69, 9.17) is 5.73 Å². The van der Waals surface area contributed by atoms with Crippen molar-refractivity contribution in [1.29, 1.82) is 0 Å². The smallest absolute Gasteiger partial charge is 0.250 e. The molecule has 0 atom stereocenters. The van der Waals surface area contributed by atoms with Crippen LogP contribution in [0.25, 0.3) is 0 Å². The van der Waals surface area contributed by atoms with E-state index in [0.717, 1.165) is 17.2 Å². The SMILES string of the molecule is Nc1csc(S(=O)(=O)NCCCc2ncn[nH]2)c1. The van der Waals surface area contributed by atoms with Crippen molar-refractivity contribution in [2.75, 3.05) is 12.3 Å². The van der Waals surface area contributed by atoms with Gasteiger partial charge in [-0.2, -0.15) is 5.10 Å². The number of sulfonamides is 1. The normalized spacial score (nSPS) is 11.8. The minimum atomic E-state index is -3.44. The van der Waals surface area contributed by atoms with Gasteiger partial charge < -0.3 is 5.73 Å². The molecule has 0 aliphatic rings. The Morgan fingerprint density at radius 3 is 2.94 bits per heavy atom. The van der Waals surface area contributed by atoms with E-state index in [1.54, 1.807) is 5.38 Å². The van der Waals surface area contributed by atoms with E-state index in [-0.39, 0.29) is 4.21 Å². The Hall–Kier alpha value is -1.45. The Morgan fingerprint density at radius 1 is 1.50 bits per heavy atom. The fourth-order valence-electron chi connectivity index (χ4n) is 1.36. The van der Waals surface area contributed by atoms with E-state index >= 15 is 0 Å². The summed E-state index contributed by atoms with van der Waals surface area (Å²) in [6.07, 6.45) is 2.72. The summed E-state index contributed by atoms with van der Waals surface area (Å²) in [5.74, 6) is 0.745. The minimum Gasteiger partial charge on any atom is -0.398 e. The summed E-state index contributed by atoms with van der Waals surface area (Å²) >= 11 is 1.11. The van der Waals surface area contributed by atoms with Gasteiger partial charge in [0.2, 0.25) is 10.0 Å². The lowest BCUT2D eigenvalue weighted by Gasteiger charge is -2.03. The molecule has 0 saturated heterocycles. The van der Waals surface area contributed by atoms with E-state index in [1.165, 1.54) is 12.4 Å². The van der Waals surface area contributed by atoms with E-state index in [2.05, 4.69) is 19.9 Å². The number of thiophene rings is 1. The van der Waals surface area contributed by atoms with Crippen LogP contribution in [0.2, 0.25) is 0 Å². The van der Waals surface area contributed by atoms with Crippen LogP contribution in [0.1, 0.15) is 12.2 Å². The zero-order chi connectivity index (χ0) is 13.0.